The number of nitrogen functional groups attached to an aromatic ring is 1. The SMILES string of the molecule is CN=C(C(=O)NC1C(=O)N2C(C)=C(CSC3=NN=NC3)CSC12)c1[c-]sc(N)n1.[Y]. The van der Waals surface area contributed by atoms with Gasteiger partial charge in [-0.05, 0) is 23.4 Å². The molecule has 155 valence electrons. The number of thiazole rings is 1. The molecule has 2 amide bonds. The number of rotatable bonds is 5. The molecule has 0 aliphatic carbocycles. The van der Waals surface area contributed by atoms with E-state index >= 15 is 0 Å². The topological polar surface area (TPSA) is 138 Å². The van der Waals surface area contributed by atoms with Gasteiger partial charge in [-0.15, -0.1) is 28.6 Å². The number of carbonyl (C=O) groups excluding carboxylic acids is 2. The molecule has 10 nitrogen and oxygen atoms in total. The zero-order valence-electron chi connectivity index (χ0n) is 16.2. The molecule has 1 aromatic heterocycles. The summed E-state index contributed by atoms with van der Waals surface area (Å²) in [4.78, 5) is 35.1. The van der Waals surface area contributed by atoms with E-state index in [4.69, 9.17) is 5.73 Å². The van der Waals surface area contributed by atoms with Crippen molar-refractivity contribution >= 4 is 62.6 Å². The third kappa shape index (κ3) is 4.54. The number of amides is 2. The van der Waals surface area contributed by atoms with Gasteiger partial charge in [0.2, 0.25) is 5.91 Å². The van der Waals surface area contributed by atoms with Crippen LogP contribution in [0.5, 0.6) is 0 Å². The second-order valence-corrected chi connectivity index (χ2v) is 9.28. The number of allylic oxidation sites excluding steroid dienone is 1. The molecule has 0 aromatic carbocycles. The van der Waals surface area contributed by atoms with Crippen LogP contribution in [0.15, 0.2) is 31.7 Å². The Balaban J connectivity index is 0.00000256. The Morgan fingerprint density at radius 1 is 1.50 bits per heavy atom. The number of fused-ring (bicyclic) bond motifs is 1. The number of aliphatic imine (C=N–C) groups is 1. The summed E-state index contributed by atoms with van der Waals surface area (Å²) in [6.45, 7) is 2.46. The van der Waals surface area contributed by atoms with Crippen molar-refractivity contribution < 1.29 is 42.3 Å². The predicted molar refractivity (Wildman–Crippen MR) is 115 cm³/mol. The number of β-lactam (4-membered cyclic amide) rings is 1. The second-order valence-electron chi connectivity index (χ2n) is 6.30. The van der Waals surface area contributed by atoms with Crippen molar-refractivity contribution in [3.8, 4) is 0 Å². The third-order valence-corrected chi connectivity index (χ3v) is 7.58. The van der Waals surface area contributed by atoms with Gasteiger partial charge in [0.1, 0.15) is 23.0 Å². The molecule has 2 atom stereocenters. The van der Waals surface area contributed by atoms with Crippen molar-refractivity contribution in [1.82, 2.24) is 15.2 Å². The molecule has 1 fully saturated rings. The number of aromatic nitrogens is 1. The smallest absolute Gasteiger partial charge is 0.253 e. The first kappa shape index (κ1) is 23.5. The molecule has 3 N–H and O–H groups in total. The standard InChI is InChI=1S/C16H17N8O2S3.Y/c1-7-8(4-27-10-3-19-23-22-10)5-28-15-12(14(26)24(7)15)21-13(25)11(18-2)9-6-29-16(17)20-9;/h12,15H,3-5H2,1-2H3,(H2,17,20)(H,21,25);/q-1;. The largest absolute Gasteiger partial charge is 0.426 e. The van der Waals surface area contributed by atoms with E-state index in [9.17, 15) is 9.59 Å². The number of hydrogen-bond donors (Lipinski definition) is 2. The average molecular weight is 538 g/mol. The van der Waals surface area contributed by atoms with Crippen LogP contribution in [-0.4, -0.2) is 69.0 Å². The molecule has 1 aromatic rings. The zero-order valence-corrected chi connectivity index (χ0v) is 21.4. The van der Waals surface area contributed by atoms with Crippen molar-refractivity contribution in [2.75, 3.05) is 30.8 Å². The maximum atomic E-state index is 12.7. The van der Waals surface area contributed by atoms with Crippen LogP contribution in [0.4, 0.5) is 5.13 Å². The molecular formula is C16H17N8O2S3Y-. The summed E-state index contributed by atoms with van der Waals surface area (Å²) in [7, 11) is 1.49. The van der Waals surface area contributed by atoms with Crippen molar-refractivity contribution in [2.45, 2.75) is 18.3 Å². The van der Waals surface area contributed by atoms with Crippen LogP contribution >= 0.6 is 34.9 Å². The first-order chi connectivity index (χ1) is 14.0. The molecule has 0 saturated carbocycles. The fourth-order valence-electron chi connectivity index (χ4n) is 3.06. The fourth-order valence-corrected chi connectivity index (χ4v) is 6.04. The van der Waals surface area contributed by atoms with E-state index in [1.54, 1.807) is 28.4 Å². The Morgan fingerprint density at radius 2 is 2.30 bits per heavy atom. The number of nitrogens with one attached hydrogen (secondary N) is 1. The molecule has 1 radical (unpaired) electrons. The summed E-state index contributed by atoms with van der Waals surface area (Å²) >= 11 is 4.33. The van der Waals surface area contributed by atoms with E-state index < -0.39 is 11.9 Å². The van der Waals surface area contributed by atoms with Crippen molar-refractivity contribution in [3.05, 3.63) is 22.3 Å². The van der Waals surface area contributed by atoms with Crippen LogP contribution in [0.25, 0.3) is 0 Å². The number of thioether (sulfide) groups is 2. The Kier molecular flexibility index (Phi) is 7.83. The molecule has 3 aliphatic heterocycles. The normalized spacial score (nSPS) is 23.0. The number of anilines is 1. The Bertz CT molecular complexity index is 989. The van der Waals surface area contributed by atoms with E-state index in [0.29, 0.717) is 11.7 Å². The van der Waals surface area contributed by atoms with E-state index in [-0.39, 0.29) is 55.4 Å². The summed E-state index contributed by atoms with van der Waals surface area (Å²) in [5.74, 6) is 0.939. The van der Waals surface area contributed by atoms with Crippen LogP contribution < -0.4 is 11.1 Å². The number of hydrogen-bond acceptors (Lipinski definition) is 11. The van der Waals surface area contributed by atoms with Crippen LogP contribution in [0.1, 0.15) is 12.6 Å². The quantitative estimate of drug-likeness (QED) is 0.328. The molecule has 2 unspecified atom stereocenters. The van der Waals surface area contributed by atoms with Crippen LogP contribution in [0.2, 0.25) is 0 Å². The van der Waals surface area contributed by atoms with E-state index in [1.807, 2.05) is 6.92 Å². The molecule has 30 heavy (non-hydrogen) atoms. The van der Waals surface area contributed by atoms with Gasteiger partial charge >= 0.3 is 0 Å². The van der Waals surface area contributed by atoms with E-state index in [1.165, 1.54) is 12.6 Å². The van der Waals surface area contributed by atoms with Gasteiger partial charge in [-0.1, -0.05) is 5.38 Å². The zero-order chi connectivity index (χ0) is 20.5. The molecular weight excluding hydrogens is 521 g/mol. The van der Waals surface area contributed by atoms with Crippen LogP contribution in [0.3, 0.4) is 0 Å². The summed E-state index contributed by atoms with van der Waals surface area (Å²) in [6, 6.07) is -0.596. The summed E-state index contributed by atoms with van der Waals surface area (Å²) < 4.78 is 0. The van der Waals surface area contributed by atoms with Gasteiger partial charge in [-0.3, -0.25) is 14.5 Å². The predicted octanol–water partition coefficient (Wildman–Crippen LogP) is 1.13. The molecule has 14 heteroatoms. The summed E-state index contributed by atoms with van der Waals surface area (Å²) in [5, 5.41) is 18.1. The maximum absolute atomic E-state index is 12.7. The van der Waals surface area contributed by atoms with Crippen molar-refractivity contribution in [2.24, 2.45) is 20.4 Å². The van der Waals surface area contributed by atoms with Gasteiger partial charge in [0.15, 0.2) is 0 Å². The van der Waals surface area contributed by atoms with Gasteiger partial charge in [-0.25, -0.2) is 11.3 Å². The Labute approximate surface area is 210 Å². The second kappa shape index (κ2) is 9.98. The minimum atomic E-state index is -0.596. The molecule has 1 saturated heterocycles. The maximum Gasteiger partial charge on any atom is 0.253 e. The minimum Gasteiger partial charge on any atom is -0.426 e. The van der Waals surface area contributed by atoms with Gasteiger partial charge in [0.25, 0.3) is 5.91 Å². The average Bonchev–Trinajstić information content (AvgIpc) is 3.37. The Hall–Kier alpha value is -1.15. The molecule has 3 aliphatic rings. The van der Waals surface area contributed by atoms with Crippen LogP contribution in [0, 0.1) is 5.38 Å². The number of nitrogens with zero attached hydrogens (tertiary/aromatic N) is 6. The monoisotopic (exact) mass is 538 g/mol. The molecule has 4 heterocycles. The summed E-state index contributed by atoms with van der Waals surface area (Å²) in [5.41, 5.74) is 8.13. The fraction of sp³-hybridized carbons (Fsp3) is 0.438. The van der Waals surface area contributed by atoms with Crippen molar-refractivity contribution in [1.29, 1.82) is 0 Å². The first-order valence-electron chi connectivity index (χ1n) is 8.61. The number of carbonyl (C=O) groups is 2. The molecule has 4 rings (SSSR count). The van der Waals surface area contributed by atoms with Gasteiger partial charge in [0, 0.05) is 62.7 Å². The Morgan fingerprint density at radius 3 is 2.93 bits per heavy atom. The van der Waals surface area contributed by atoms with E-state index in [2.05, 4.69) is 36.1 Å². The van der Waals surface area contributed by atoms with Crippen LogP contribution in [-0.2, 0) is 42.3 Å². The summed E-state index contributed by atoms with van der Waals surface area (Å²) in [6.07, 6.45) is 0. The van der Waals surface area contributed by atoms with Gasteiger partial charge in [-0.2, -0.15) is 5.11 Å². The van der Waals surface area contributed by atoms with Gasteiger partial charge < -0.3 is 21.0 Å². The minimum absolute atomic E-state index is 0. The van der Waals surface area contributed by atoms with Crippen molar-refractivity contribution in [3.63, 3.8) is 0 Å². The molecule has 0 bridgehead atoms. The first-order valence-corrected chi connectivity index (χ1v) is 11.5. The molecule has 0 spiro atoms. The third-order valence-electron chi connectivity index (χ3n) is 4.61. The number of nitrogens with two attached hydrogens (primary N) is 1. The van der Waals surface area contributed by atoms with Gasteiger partial charge in [0.05, 0.1) is 5.13 Å². The van der Waals surface area contributed by atoms with E-state index in [0.717, 1.165) is 33.6 Å².